The van der Waals surface area contributed by atoms with Gasteiger partial charge in [0, 0.05) is 25.2 Å². The molecule has 0 radical (unpaired) electrons. The summed E-state index contributed by atoms with van der Waals surface area (Å²) in [5, 5.41) is 7.04. The SMILES string of the molecule is COc1ccc(CNC(=S)Nc2nc(Cl)cc(N3CCCC[C@@H]3C)n2)cc1. The summed E-state index contributed by atoms with van der Waals surface area (Å²) in [6.45, 7) is 3.78. The molecular weight excluding hydrogens is 382 g/mol. The van der Waals surface area contributed by atoms with Crippen LogP contribution in [-0.4, -0.2) is 34.8 Å². The lowest BCUT2D eigenvalue weighted by Gasteiger charge is -2.34. The Balaban J connectivity index is 1.61. The average Bonchev–Trinajstić information content (AvgIpc) is 2.66. The van der Waals surface area contributed by atoms with Gasteiger partial charge in [-0.2, -0.15) is 4.98 Å². The third-order valence-corrected chi connectivity index (χ3v) is 5.06. The van der Waals surface area contributed by atoms with Crippen molar-refractivity contribution in [2.75, 3.05) is 23.9 Å². The molecule has 0 spiro atoms. The van der Waals surface area contributed by atoms with Crippen molar-refractivity contribution in [3.8, 4) is 5.75 Å². The van der Waals surface area contributed by atoms with Gasteiger partial charge in [0.05, 0.1) is 7.11 Å². The molecule has 27 heavy (non-hydrogen) atoms. The van der Waals surface area contributed by atoms with Crippen molar-refractivity contribution in [2.24, 2.45) is 0 Å². The van der Waals surface area contributed by atoms with Crippen LogP contribution in [-0.2, 0) is 6.54 Å². The van der Waals surface area contributed by atoms with Crippen molar-refractivity contribution < 1.29 is 4.74 Å². The first-order chi connectivity index (χ1) is 13.0. The minimum absolute atomic E-state index is 0.401. The van der Waals surface area contributed by atoms with E-state index in [2.05, 4.69) is 32.4 Å². The number of nitrogens with zero attached hydrogens (tertiary/aromatic N) is 3. The summed E-state index contributed by atoms with van der Waals surface area (Å²) in [5.41, 5.74) is 1.09. The van der Waals surface area contributed by atoms with E-state index in [-0.39, 0.29) is 0 Å². The summed E-state index contributed by atoms with van der Waals surface area (Å²) in [6, 6.07) is 10.1. The van der Waals surface area contributed by atoms with Crippen molar-refractivity contribution in [1.29, 1.82) is 0 Å². The highest BCUT2D eigenvalue weighted by Gasteiger charge is 2.21. The number of halogens is 1. The molecule has 1 aromatic carbocycles. The predicted molar refractivity (Wildman–Crippen MR) is 114 cm³/mol. The zero-order valence-electron chi connectivity index (χ0n) is 15.5. The van der Waals surface area contributed by atoms with Crippen molar-refractivity contribution in [2.45, 2.75) is 38.8 Å². The van der Waals surface area contributed by atoms with Gasteiger partial charge in [-0.05, 0) is 56.1 Å². The molecule has 0 saturated carbocycles. The fraction of sp³-hybridized carbons (Fsp3) is 0.421. The number of anilines is 2. The van der Waals surface area contributed by atoms with Gasteiger partial charge in [0.2, 0.25) is 5.95 Å². The van der Waals surface area contributed by atoms with Gasteiger partial charge in [0.15, 0.2) is 5.11 Å². The summed E-state index contributed by atoms with van der Waals surface area (Å²) in [5.74, 6) is 2.07. The van der Waals surface area contributed by atoms with Gasteiger partial charge in [-0.3, -0.25) is 0 Å². The molecular formula is C19H24ClN5OS. The molecule has 8 heteroatoms. The van der Waals surface area contributed by atoms with E-state index in [1.807, 2.05) is 30.3 Å². The second kappa shape index (κ2) is 9.19. The Hall–Kier alpha value is -2.12. The first kappa shape index (κ1) is 19.6. The third-order valence-electron chi connectivity index (χ3n) is 4.62. The van der Waals surface area contributed by atoms with Gasteiger partial charge >= 0.3 is 0 Å². The molecule has 1 aliphatic rings. The van der Waals surface area contributed by atoms with E-state index in [0.29, 0.717) is 28.8 Å². The minimum Gasteiger partial charge on any atom is -0.497 e. The number of ether oxygens (including phenoxy) is 1. The maximum atomic E-state index is 6.21. The van der Waals surface area contributed by atoms with E-state index in [4.69, 9.17) is 28.6 Å². The summed E-state index contributed by atoms with van der Waals surface area (Å²) in [4.78, 5) is 11.1. The Morgan fingerprint density at radius 3 is 2.78 bits per heavy atom. The number of hydrogen-bond acceptors (Lipinski definition) is 5. The zero-order valence-corrected chi connectivity index (χ0v) is 17.1. The van der Waals surface area contributed by atoms with Crippen LogP contribution in [0.3, 0.4) is 0 Å². The number of aromatic nitrogens is 2. The Kier molecular flexibility index (Phi) is 6.68. The van der Waals surface area contributed by atoms with Gasteiger partial charge in [0.25, 0.3) is 0 Å². The third kappa shape index (κ3) is 5.43. The van der Waals surface area contributed by atoms with Crippen LogP contribution >= 0.6 is 23.8 Å². The fourth-order valence-electron chi connectivity index (χ4n) is 3.12. The Morgan fingerprint density at radius 1 is 1.30 bits per heavy atom. The quantitative estimate of drug-likeness (QED) is 0.575. The lowest BCUT2D eigenvalue weighted by atomic mass is 10.0. The molecule has 6 nitrogen and oxygen atoms in total. The average molecular weight is 406 g/mol. The number of methoxy groups -OCH3 is 1. The standard InChI is InChI=1S/C19H24ClN5OS/c1-13-5-3-4-10-25(13)17-11-16(20)22-18(23-17)24-19(27)21-12-14-6-8-15(26-2)9-7-14/h6-9,11,13H,3-5,10,12H2,1-2H3,(H2,21,22,23,24,27)/t13-/m0/s1. The number of hydrogen-bond donors (Lipinski definition) is 2. The molecule has 1 atom stereocenters. The monoisotopic (exact) mass is 405 g/mol. The van der Waals surface area contributed by atoms with Gasteiger partial charge in [-0.1, -0.05) is 23.7 Å². The summed E-state index contributed by atoms with van der Waals surface area (Å²) in [7, 11) is 1.65. The number of thiocarbonyl (C=S) groups is 1. The number of benzene rings is 1. The van der Waals surface area contributed by atoms with E-state index in [1.54, 1.807) is 7.11 Å². The summed E-state index contributed by atoms with van der Waals surface area (Å²) in [6.07, 6.45) is 3.57. The molecule has 0 aliphatic carbocycles. The van der Waals surface area contributed by atoms with Crippen LogP contribution in [0.25, 0.3) is 0 Å². The normalized spacial score (nSPS) is 16.7. The number of nitrogens with one attached hydrogen (secondary N) is 2. The highest BCUT2D eigenvalue weighted by Crippen LogP contribution is 2.25. The van der Waals surface area contributed by atoms with Gasteiger partial charge in [-0.15, -0.1) is 0 Å². The second-order valence-electron chi connectivity index (χ2n) is 6.57. The maximum Gasteiger partial charge on any atom is 0.232 e. The molecule has 1 fully saturated rings. The Morgan fingerprint density at radius 2 is 2.07 bits per heavy atom. The molecule has 2 aromatic rings. The molecule has 2 N–H and O–H groups in total. The van der Waals surface area contributed by atoms with Crippen LogP contribution in [0.15, 0.2) is 30.3 Å². The van der Waals surface area contributed by atoms with Crippen molar-refractivity contribution in [3.63, 3.8) is 0 Å². The predicted octanol–water partition coefficient (Wildman–Crippen LogP) is 4.00. The van der Waals surface area contributed by atoms with Crippen LogP contribution in [0.4, 0.5) is 11.8 Å². The molecule has 0 unspecified atom stereocenters. The largest absolute Gasteiger partial charge is 0.497 e. The summed E-state index contributed by atoms with van der Waals surface area (Å²) < 4.78 is 5.16. The van der Waals surface area contributed by atoms with Crippen LogP contribution < -0.4 is 20.3 Å². The van der Waals surface area contributed by atoms with Crippen molar-refractivity contribution in [1.82, 2.24) is 15.3 Å². The number of piperidine rings is 1. The van der Waals surface area contributed by atoms with Gasteiger partial charge in [-0.25, -0.2) is 4.98 Å². The fourth-order valence-corrected chi connectivity index (χ4v) is 3.46. The first-order valence-electron chi connectivity index (χ1n) is 9.04. The van der Waals surface area contributed by atoms with Crippen LogP contribution in [0, 0.1) is 0 Å². The lowest BCUT2D eigenvalue weighted by molar-refractivity contribution is 0.414. The van der Waals surface area contributed by atoms with Gasteiger partial charge in [0.1, 0.15) is 16.7 Å². The molecule has 1 saturated heterocycles. The molecule has 1 aromatic heterocycles. The first-order valence-corrected chi connectivity index (χ1v) is 9.83. The molecule has 0 amide bonds. The minimum atomic E-state index is 0.401. The van der Waals surface area contributed by atoms with Crippen molar-refractivity contribution in [3.05, 3.63) is 41.0 Å². The zero-order chi connectivity index (χ0) is 19.2. The molecule has 0 bridgehead atoms. The maximum absolute atomic E-state index is 6.21. The van der Waals surface area contributed by atoms with Crippen LogP contribution in [0.5, 0.6) is 5.75 Å². The molecule has 1 aliphatic heterocycles. The van der Waals surface area contributed by atoms with E-state index in [9.17, 15) is 0 Å². The van der Waals surface area contributed by atoms with Crippen LogP contribution in [0.2, 0.25) is 5.15 Å². The van der Waals surface area contributed by atoms with Crippen molar-refractivity contribution >= 4 is 40.7 Å². The lowest BCUT2D eigenvalue weighted by Crippen LogP contribution is -2.38. The molecule has 3 rings (SSSR count). The van der Waals surface area contributed by atoms with E-state index >= 15 is 0 Å². The summed E-state index contributed by atoms with van der Waals surface area (Å²) >= 11 is 11.6. The second-order valence-corrected chi connectivity index (χ2v) is 7.36. The van der Waals surface area contributed by atoms with E-state index < -0.39 is 0 Å². The highest BCUT2D eigenvalue weighted by molar-refractivity contribution is 7.80. The van der Waals surface area contributed by atoms with E-state index in [0.717, 1.165) is 36.5 Å². The smallest absolute Gasteiger partial charge is 0.232 e. The molecule has 144 valence electrons. The Bertz CT molecular complexity index is 786. The Labute approximate surface area is 170 Å². The molecule has 2 heterocycles. The van der Waals surface area contributed by atoms with E-state index in [1.165, 1.54) is 6.42 Å². The number of rotatable bonds is 5. The topological polar surface area (TPSA) is 62.3 Å². The van der Waals surface area contributed by atoms with Gasteiger partial charge < -0.3 is 20.3 Å². The van der Waals surface area contributed by atoms with Crippen LogP contribution in [0.1, 0.15) is 31.7 Å². The highest BCUT2D eigenvalue weighted by atomic mass is 35.5.